The molecule has 2 rings (SSSR count). The Hall–Kier alpha value is -1.97. The van der Waals surface area contributed by atoms with Gasteiger partial charge in [0.15, 0.2) is 0 Å². The van der Waals surface area contributed by atoms with Gasteiger partial charge in [0, 0.05) is 5.56 Å². The highest BCUT2D eigenvalue weighted by Gasteiger charge is 2.32. The highest BCUT2D eigenvalue weighted by atomic mass is 19.4. The van der Waals surface area contributed by atoms with E-state index in [0.29, 0.717) is 17.9 Å². The van der Waals surface area contributed by atoms with Crippen molar-refractivity contribution in [3.05, 3.63) is 64.7 Å². The molecule has 0 aliphatic carbocycles. The van der Waals surface area contributed by atoms with Crippen molar-refractivity contribution in [1.82, 2.24) is 0 Å². The van der Waals surface area contributed by atoms with Crippen LogP contribution in [0.5, 0.6) is 5.75 Å². The smallest absolute Gasteiger partial charge is 0.405 e. The van der Waals surface area contributed by atoms with Gasteiger partial charge in [0.1, 0.15) is 5.75 Å². The summed E-state index contributed by atoms with van der Waals surface area (Å²) in [5.41, 5.74) is 3.85. The number of benzene rings is 2. The second-order valence-electron chi connectivity index (χ2n) is 6.56. The van der Waals surface area contributed by atoms with Crippen molar-refractivity contribution in [1.29, 1.82) is 0 Å². The fraction of sp³-hybridized carbons (Fsp3) is 0.400. The molecule has 0 amide bonds. The van der Waals surface area contributed by atoms with Crippen molar-refractivity contribution in [2.75, 3.05) is 0 Å². The van der Waals surface area contributed by atoms with E-state index in [9.17, 15) is 13.2 Å². The van der Waals surface area contributed by atoms with Crippen LogP contribution < -0.4 is 4.74 Å². The monoisotopic (exact) mass is 336 g/mol. The van der Waals surface area contributed by atoms with Crippen LogP contribution in [-0.2, 0) is 6.42 Å². The topological polar surface area (TPSA) is 9.23 Å². The van der Waals surface area contributed by atoms with Gasteiger partial charge in [-0.15, -0.1) is 13.2 Å². The lowest BCUT2D eigenvalue weighted by Gasteiger charge is -2.20. The normalized spacial score (nSPS) is 12.0. The maximum atomic E-state index is 12.7. The third-order valence-corrected chi connectivity index (χ3v) is 4.02. The summed E-state index contributed by atoms with van der Waals surface area (Å²) in [6.45, 7) is 8.00. The molecular formula is C20H23F3O. The summed E-state index contributed by atoms with van der Waals surface area (Å²) < 4.78 is 42.3. The molecule has 2 aromatic carbocycles. The quantitative estimate of drug-likeness (QED) is 0.612. The van der Waals surface area contributed by atoms with E-state index in [1.807, 2.05) is 38.1 Å². The highest BCUT2D eigenvalue weighted by molar-refractivity contribution is 5.46. The fourth-order valence-corrected chi connectivity index (χ4v) is 3.08. The van der Waals surface area contributed by atoms with Crippen molar-refractivity contribution >= 4 is 0 Å². The Balaban J connectivity index is 2.46. The molecule has 0 unspecified atom stereocenters. The molecule has 1 nitrogen and oxygen atoms in total. The van der Waals surface area contributed by atoms with E-state index in [1.54, 1.807) is 6.07 Å². The SMILES string of the molecule is CC(C)c1ccccc1Cc1cccc(OC(F)(F)F)c1C(C)C. The summed E-state index contributed by atoms with van der Waals surface area (Å²) in [5, 5.41) is 0. The minimum atomic E-state index is -4.68. The Morgan fingerprint density at radius 3 is 2.04 bits per heavy atom. The fourth-order valence-electron chi connectivity index (χ4n) is 3.08. The van der Waals surface area contributed by atoms with Gasteiger partial charge in [-0.05, 0) is 41.0 Å². The zero-order valence-corrected chi connectivity index (χ0v) is 14.4. The molecule has 0 saturated heterocycles. The van der Waals surface area contributed by atoms with Gasteiger partial charge in [0.25, 0.3) is 0 Å². The molecule has 0 spiro atoms. The van der Waals surface area contributed by atoms with E-state index in [-0.39, 0.29) is 11.7 Å². The zero-order chi connectivity index (χ0) is 17.9. The first-order chi connectivity index (χ1) is 11.2. The van der Waals surface area contributed by atoms with Gasteiger partial charge in [-0.3, -0.25) is 0 Å². The number of ether oxygens (including phenoxy) is 1. The lowest BCUT2D eigenvalue weighted by molar-refractivity contribution is -0.274. The summed E-state index contributed by atoms with van der Waals surface area (Å²) in [6.07, 6.45) is -4.09. The summed E-state index contributed by atoms with van der Waals surface area (Å²) in [5.74, 6) is 0.195. The van der Waals surface area contributed by atoms with Crippen LogP contribution >= 0.6 is 0 Å². The lowest BCUT2D eigenvalue weighted by atomic mass is 9.88. The van der Waals surface area contributed by atoms with Gasteiger partial charge < -0.3 is 4.74 Å². The Morgan fingerprint density at radius 1 is 0.833 bits per heavy atom. The van der Waals surface area contributed by atoms with E-state index < -0.39 is 6.36 Å². The number of halogens is 3. The molecule has 24 heavy (non-hydrogen) atoms. The standard InChI is InChI=1S/C20H23F3O/c1-13(2)17-10-6-5-8-15(17)12-16-9-7-11-18(19(16)14(3)4)24-20(21,22)23/h5-11,13-14H,12H2,1-4H3. The molecule has 130 valence electrons. The second-order valence-corrected chi connectivity index (χ2v) is 6.56. The molecule has 0 aliphatic rings. The Kier molecular flexibility index (Phi) is 5.58. The zero-order valence-electron chi connectivity index (χ0n) is 14.4. The molecule has 0 heterocycles. The minimum absolute atomic E-state index is 0.0650. The van der Waals surface area contributed by atoms with E-state index in [2.05, 4.69) is 24.7 Å². The maximum Gasteiger partial charge on any atom is 0.573 e. The van der Waals surface area contributed by atoms with Crippen molar-refractivity contribution in [2.45, 2.75) is 52.3 Å². The Bertz CT molecular complexity index is 688. The summed E-state index contributed by atoms with van der Waals surface area (Å²) in [7, 11) is 0. The first kappa shape index (κ1) is 18.4. The molecule has 0 aliphatic heterocycles. The Labute approximate surface area is 141 Å². The summed E-state index contributed by atoms with van der Waals surface area (Å²) >= 11 is 0. The van der Waals surface area contributed by atoms with E-state index in [0.717, 1.165) is 11.1 Å². The van der Waals surface area contributed by atoms with Gasteiger partial charge in [-0.25, -0.2) is 0 Å². The molecule has 0 aromatic heterocycles. The molecule has 0 radical (unpaired) electrons. The lowest BCUT2D eigenvalue weighted by Crippen LogP contribution is -2.19. The molecular weight excluding hydrogens is 313 g/mol. The van der Waals surface area contributed by atoms with Crippen LogP contribution in [-0.4, -0.2) is 6.36 Å². The van der Waals surface area contributed by atoms with Crippen molar-refractivity contribution in [2.24, 2.45) is 0 Å². The summed E-state index contributed by atoms with van der Waals surface area (Å²) in [4.78, 5) is 0. The number of rotatable bonds is 5. The number of hydrogen-bond donors (Lipinski definition) is 0. The predicted octanol–water partition coefficient (Wildman–Crippen LogP) is 6.42. The third kappa shape index (κ3) is 4.53. The van der Waals surface area contributed by atoms with Crippen molar-refractivity contribution in [3.63, 3.8) is 0 Å². The molecule has 0 atom stereocenters. The second kappa shape index (κ2) is 7.29. The van der Waals surface area contributed by atoms with Gasteiger partial charge in [0.05, 0.1) is 0 Å². The van der Waals surface area contributed by atoms with Crippen LogP contribution in [0.15, 0.2) is 42.5 Å². The highest BCUT2D eigenvalue weighted by Crippen LogP contribution is 2.35. The molecule has 2 aromatic rings. The molecule has 0 fully saturated rings. The average molecular weight is 336 g/mol. The summed E-state index contributed by atoms with van der Waals surface area (Å²) in [6, 6.07) is 13.0. The van der Waals surface area contributed by atoms with E-state index >= 15 is 0 Å². The van der Waals surface area contributed by atoms with Crippen LogP contribution in [0, 0.1) is 0 Å². The van der Waals surface area contributed by atoms with Crippen LogP contribution in [0.1, 0.15) is 61.8 Å². The largest absolute Gasteiger partial charge is 0.573 e. The Morgan fingerprint density at radius 2 is 1.46 bits per heavy atom. The third-order valence-electron chi connectivity index (χ3n) is 4.02. The first-order valence-electron chi connectivity index (χ1n) is 8.14. The number of hydrogen-bond acceptors (Lipinski definition) is 1. The van der Waals surface area contributed by atoms with E-state index in [1.165, 1.54) is 11.6 Å². The van der Waals surface area contributed by atoms with Crippen LogP contribution in [0.2, 0.25) is 0 Å². The average Bonchev–Trinajstić information content (AvgIpc) is 2.45. The van der Waals surface area contributed by atoms with Gasteiger partial charge in [0.2, 0.25) is 0 Å². The number of alkyl halides is 3. The van der Waals surface area contributed by atoms with Gasteiger partial charge >= 0.3 is 6.36 Å². The van der Waals surface area contributed by atoms with E-state index in [4.69, 9.17) is 0 Å². The minimum Gasteiger partial charge on any atom is -0.405 e. The molecule has 4 heteroatoms. The van der Waals surface area contributed by atoms with Gasteiger partial charge in [-0.1, -0.05) is 64.1 Å². The maximum absolute atomic E-state index is 12.7. The molecule has 0 N–H and O–H groups in total. The predicted molar refractivity (Wildman–Crippen MR) is 90.6 cm³/mol. The van der Waals surface area contributed by atoms with Gasteiger partial charge in [-0.2, -0.15) is 0 Å². The van der Waals surface area contributed by atoms with Crippen molar-refractivity contribution in [3.8, 4) is 5.75 Å². The van der Waals surface area contributed by atoms with Crippen LogP contribution in [0.4, 0.5) is 13.2 Å². The first-order valence-corrected chi connectivity index (χ1v) is 8.14. The molecule has 0 saturated carbocycles. The molecule has 0 bridgehead atoms. The van der Waals surface area contributed by atoms with Crippen LogP contribution in [0.3, 0.4) is 0 Å². The van der Waals surface area contributed by atoms with Crippen molar-refractivity contribution < 1.29 is 17.9 Å². The van der Waals surface area contributed by atoms with Crippen LogP contribution in [0.25, 0.3) is 0 Å².